The molecule has 0 unspecified atom stereocenters. The average molecular weight is 187 g/mol. The number of halogens is 3. The topological polar surface area (TPSA) is 34.1 Å². The summed E-state index contributed by atoms with van der Waals surface area (Å²) in [5, 5.41) is -2.10. The zero-order valence-corrected chi connectivity index (χ0v) is 6.30. The van der Waals surface area contributed by atoms with Crippen LogP contribution in [0.25, 0.3) is 0 Å². The van der Waals surface area contributed by atoms with Gasteiger partial charge in [-0.25, -0.2) is 0 Å². The highest BCUT2D eigenvalue weighted by atomic mass is 35.5. The third-order valence-corrected chi connectivity index (χ3v) is 1.12. The Kier molecular flexibility index (Phi) is 3.86. The maximum Gasteiger partial charge on any atom is 0.263 e. The number of rotatable bonds is 2. The van der Waals surface area contributed by atoms with E-state index in [1.807, 2.05) is 0 Å². The van der Waals surface area contributed by atoms with E-state index in [2.05, 4.69) is 0 Å². The van der Waals surface area contributed by atoms with Gasteiger partial charge in [-0.2, -0.15) is 0 Å². The molecule has 0 aromatic carbocycles. The van der Waals surface area contributed by atoms with Crippen molar-refractivity contribution in [1.82, 2.24) is 0 Å². The van der Waals surface area contributed by atoms with Gasteiger partial charge < -0.3 is 0 Å². The van der Waals surface area contributed by atoms with E-state index in [4.69, 9.17) is 34.8 Å². The Morgan fingerprint density at radius 2 is 1.56 bits per heavy atom. The van der Waals surface area contributed by atoms with Crippen molar-refractivity contribution < 1.29 is 9.59 Å². The van der Waals surface area contributed by atoms with E-state index in [1.54, 1.807) is 0 Å². The standard InChI is InChI=1S/C4HCl3O2/c5-2(4(7)9)1-3(6)8/h1H/b2-1+. The highest BCUT2D eigenvalue weighted by Crippen LogP contribution is 2.05. The van der Waals surface area contributed by atoms with Crippen LogP contribution in [0, 0.1) is 0 Å². The number of carbonyl (C=O) groups excluding carboxylic acids is 2. The van der Waals surface area contributed by atoms with Crippen molar-refractivity contribution in [2.75, 3.05) is 0 Å². The number of carbonyl (C=O) groups is 2. The summed E-state index contributed by atoms with van der Waals surface area (Å²) in [6.07, 6.45) is 0.735. The molecule has 0 aliphatic rings. The summed E-state index contributed by atoms with van der Waals surface area (Å²) in [5.41, 5.74) is 0. The molecular formula is C4HCl3O2. The monoisotopic (exact) mass is 186 g/mol. The van der Waals surface area contributed by atoms with Crippen LogP contribution >= 0.6 is 34.8 Å². The second kappa shape index (κ2) is 3.88. The molecule has 50 valence electrons. The highest BCUT2D eigenvalue weighted by Gasteiger charge is 2.02. The Labute approximate surface area is 66.4 Å². The molecule has 0 heterocycles. The summed E-state index contributed by atoms with van der Waals surface area (Å²) < 4.78 is 0. The quantitative estimate of drug-likeness (QED) is 0.486. The van der Waals surface area contributed by atoms with Gasteiger partial charge in [-0.05, 0) is 23.2 Å². The Morgan fingerprint density at radius 1 is 1.11 bits per heavy atom. The molecule has 0 saturated heterocycles. The molecule has 0 atom stereocenters. The van der Waals surface area contributed by atoms with Crippen molar-refractivity contribution in [2.24, 2.45) is 0 Å². The molecule has 0 rings (SSSR count). The smallest absolute Gasteiger partial charge is 0.263 e. The predicted octanol–water partition coefficient (Wildman–Crippen LogP) is 1.64. The van der Waals surface area contributed by atoms with Crippen molar-refractivity contribution >= 4 is 45.3 Å². The van der Waals surface area contributed by atoms with Gasteiger partial charge in [0.25, 0.3) is 5.24 Å². The van der Waals surface area contributed by atoms with E-state index in [0.29, 0.717) is 0 Å². The summed E-state index contributed by atoms with van der Waals surface area (Å²) in [7, 11) is 0. The van der Waals surface area contributed by atoms with Crippen LogP contribution in [0.4, 0.5) is 0 Å². The average Bonchev–Trinajstić information content (AvgIpc) is 1.63. The molecule has 0 N–H and O–H groups in total. The summed E-state index contributed by atoms with van der Waals surface area (Å²) in [6, 6.07) is 0. The molecule has 0 aliphatic carbocycles. The van der Waals surface area contributed by atoms with Gasteiger partial charge >= 0.3 is 0 Å². The normalized spacial score (nSPS) is 11.2. The van der Waals surface area contributed by atoms with Crippen LogP contribution in [0.2, 0.25) is 0 Å². The molecule has 2 nitrogen and oxygen atoms in total. The second-order valence-electron chi connectivity index (χ2n) is 1.07. The van der Waals surface area contributed by atoms with Crippen molar-refractivity contribution in [3.05, 3.63) is 11.1 Å². The van der Waals surface area contributed by atoms with E-state index in [9.17, 15) is 9.59 Å². The summed E-state index contributed by atoms with van der Waals surface area (Å²) in [5.74, 6) is 0. The Bertz CT molecular complexity index is 173. The van der Waals surface area contributed by atoms with Gasteiger partial charge in [0, 0.05) is 6.08 Å². The first kappa shape index (κ1) is 8.95. The Morgan fingerprint density at radius 3 is 1.67 bits per heavy atom. The van der Waals surface area contributed by atoms with E-state index in [-0.39, 0.29) is 5.03 Å². The minimum absolute atomic E-state index is 0.378. The lowest BCUT2D eigenvalue weighted by atomic mass is 10.5. The van der Waals surface area contributed by atoms with E-state index in [0.717, 1.165) is 6.08 Å². The first-order valence-corrected chi connectivity index (χ1v) is 2.94. The van der Waals surface area contributed by atoms with Crippen LogP contribution in [0.1, 0.15) is 0 Å². The molecule has 0 aliphatic heterocycles. The summed E-state index contributed by atoms with van der Waals surface area (Å²) >= 11 is 14.7. The van der Waals surface area contributed by atoms with Gasteiger partial charge in [0.2, 0.25) is 5.24 Å². The Hall–Kier alpha value is -0.0500. The SMILES string of the molecule is O=C(Cl)/C=C(/Cl)C(=O)Cl. The summed E-state index contributed by atoms with van der Waals surface area (Å²) in [4.78, 5) is 20.0. The first-order valence-electron chi connectivity index (χ1n) is 1.80. The lowest BCUT2D eigenvalue weighted by molar-refractivity contribution is -0.110. The van der Waals surface area contributed by atoms with Crippen molar-refractivity contribution in [3.63, 3.8) is 0 Å². The van der Waals surface area contributed by atoms with Crippen LogP contribution < -0.4 is 0 Å². The largest absolute Gasteiger partial charge is 0.276 e. The molecular weight excluding hydrogens is 186 g/mol. The number of hydrogen-bond donors (Lipinski definition) is 0. The fourth-order valence-electron chi connectivity index (χ4n) is 0.156. The molecule has 0 aromatic heterocycles. The van der Waals surface area contributed by atoms with Crippen LogP contribution in [0.3, 0.4) is 0 Å². The van der Waals surface area contributed by atoms with E-state index >= 15 is 0 Å². The fraction of sp³-hybridized carbons (Fsp3) is 0. The number of hydrogen-bond acceptors (Lipinski definition) is 2. The molecule has 0 fully saturated rings. The predicted molar refractivity (Wildman–Crippen MR) is 35.7 cm³/mol. The Balaban J connectivity index is 4.17. The molecule has 0 spiro atoms. The highest BCUT2D eigenvalue weighted by molar-refractivity contribution is 6.76. The molecule has 5 heteroatoms. The fourth-order valence-corrected chi connectivity index (χ4v) is 0.475. The maximum absolute atomic E-state index is 10.0. The van der Waals surface area contributed by atoms with Gasteiger partial charge in [-0.1, -0.05) is 11.6 Å². The van der Waals surface area contributed by atoms with Gasteiger partial charge in [0.1, 0.15) is 5.03 Å². The van der Waals surface area contributed by atoms with Gasteiger partial charge in [-0.3, -0.25) is 9.59 Å². The van der Waals surface area contributed by atoms with E-state index < -0.39 is 10.5 Å². The second-order valence-corrected chi connectivity index (χ2v) is 2.19. The van der Waals surface area contributed by atoms with Crippen LogP contribution in [0.5, 0.6) is 0 Å². The van der Waals surface area contributed by atoms with Crippen LogP contribution in [-0.2, 0) is 9.59 Å². The lowest BCUT2D eigenvalue weighted by Crippen LogP contribution is -1.87. The zero-order valence-electron chi connectivity index (χ0n) is 4.03. The van der Waals surface area contributed by atoms with Crippen molar-refractivity contribution in [1.29, 1.82) is 0 Å². The molecule has 0 amide bonds. The minimum atomic E-state index is -0.898. The molecule has 0 aromatic rings. The molecule has 0 radical (unpaired) electrons. The third kappa shape index (κ3) is 4.45. The van der Waals surface area contributed by atoms with Gasteiger partial charge in [0.15, 0.2) is 0 Å². The van der Waals surface area contributed by atoms with E-state index in [1.165, 1.54) is 0 Å². The molecule has 0 bridgehead atoms. The van der Waals surface area contributed by atoms with Crippen LogP contribution in [0.15, 0.2) is 11.1 Å². The molecule has 0 saturated carbocycles. The zero-order chi connectivity index (χ0) is 7.44. The first-order chi connectivity index (χ1) is 4.04. The molecule has 9 heavy (non-hydrogen) atoms. The summed E-state index contributed by atoms with van der Waals surface area (Å²) in [6.45, 7) is 0. The van der Waals surface area contributed by atoms with Gasteiger partial charge in [-0.15, -0.1) is 0 Å². The number of allylic oxidation sites excluding steroid dienone is 2. The lowest BCUT2D eigenvalue weighted by Gasteiger charge is -1.81. The maximum atomic E-state index is 10.0. The third-order valence-electron chi connectivity index (χ3n) is 0.428. The minimum Gasteiger partial charge on any atom is -0.276 e. The van der Waals surface area contributed by atoms with Gasteiger partial charge in [0.05, 0.1) is 0 Å². The van der Waals surface area contributed by atoms with Crippen molar-refractivity contribution in [3.8, 4) is 0 Å². The van der Waals surface area contributed by atoms with Crippen LogP contribution in [-0.4, -0.2) is 10.5 Å². The van der Waals surface area contributed by atoms with Crippen molar-refractivity contribution in [2.45, 2.75) is 0 Å².